The monoisotopic (exact) mass is 501 g/mol. The summed E-state index contributed by atoms with van der Waals surface area (Å²) in [6, 6.07) is 5.32. The maximum absolute atomic E-state index is 14.0. The van der Waals surface area contributed by atoms with E-state index < -0.39 is 41.2 Å². The number of rotatable bonds is 8. The van der Waals surface area contributed by atoms with E-state index in [1.807, 2.05) is 0 Å². The lowest BCUT2D eigenvalue weighted by atomic mass is 9.91. The molecule has 4 rings (SSSR count). The van der Waals surface area contributed by atoms with Gasteiger partial charge in [0.25, 0.3) is 5.91 Å². The van der Waals surface area contributed by atoms with Crippen LogP contribution in [0.25, 0.3) is 0 Å². The van der Waals surface area contributed by atoms with Crippen molar-refractivity contribution in [3.8, 4) is 5.75 Å². The lowest BCUT2D eigenvalue weighted by molar-refractivity contribution is -0.134. The highest BCUT2D eigenvalue weighted by Crippen LogP contribution is 2.29. The van der Waals surface area contributed by atoms with E-state index in [1.54, 1.807) is 0 Å². The molecule has 1 fully saturated rings. The molecule has 0 bridgehead atoms. The van der Waals surface area contributed by atoms with Crippen LogP contribution in [0.3, 0.4) is 0 Å². The molecule has 2 amide bonds. The minimum absolute atomic E-state index is 0.0225. The van der Waals surface area contributed by atoms with E-state index in [4.69, 9.17) is 9.47 Å². The van der Waals surface area contributed by atoms with Crippen molar-refractivity contribution in [3.05, 3.63) is 65.6 Å². The Bertz CT molecular complexity index is 1140. The standard InChI is InChI=1S/C25H25F2N3O6/c1-34-25(33)16-5-6-21(28-13-16)29-24(32)20(11-15-7-9-35-10-8-15)30-14-17(12-22(30)31)36-23-18(26)3-2-4-19(23)27/h2-6,12-13,15,20H,7-11,14H2,1H3,(H,28,29,32)/t20-/m0/s1. The molecule has 1 N–H and O–H groups in total. The summed E-state index contributed by atoms with van der Waals surface area (Å²) in [4.78, 5) is 43.2. The zero-order chi connectivity index (χ0) is 25.7. The zero-order valence-corrected chi connectivity index (χ0v) is 19.5. The molecule has 190 valence electrons. The molecule has 11 heteroatoms. The summed E-state index contributed by atoms with van der Waals surface area (Å²) in [5, 5.41) is 2.68. The highest BCUT2D eigenvalue weighted by Gasteiger charge is 2.36. The fourth-order valence-electron chi connectivity index (χ4n) is 4.14. The number of ether oxygens (including phenoxy) is 3. The molecule has 0 unspecified atom stereocenters. The molecule has 2 aliphatic rings. The molecule has 1 aromatic carbocycles. The van der Waals surface area contributed by atoms with Crippen molar-refractivity contribution in [2.24, 2.45) is 5.92 Å². The Labute approximate surface area is 206 Å². The number of pyridine rings is 1. The highest BCUT2D eigenvalue weighted by atomic mass is 19.1. The number of anilines is 1. The molecule has 3 heterocycles. The number of nitrogens with one attached hydrogen (secondary N) is 1. The quantitative estimate of drug-likeness (QED) is 0.554. The Morgan fingerprint density at radius 3 is 2.56 bits per heavy atom. The number of halogens is 2. The molecular formula is C25H25F2N3O6. The number of amides is 2. The normalized spacial score (nSPS) is 16.9. The lowest BCUT2D eigenvalue weighted by Gasteiger charge is -2.31. The molecule has 1 saturated heterocycles. The maximum Gasteiger partial charge on any atom is 0.339 e. The minimum Gasteiger partial charge on any atom is -0.465 e. The van der Waals surface area contributed by atoms with E-state index in [9.17, 15) is 23.2 Å². The van der Waals surface area contributed by atoms with E-state index >= 15 is 0 Å². The van der Waals surface area contributed by atoms with E-state index in [0.29, 0.717) is 19.6 Å². The summed E-state index contributed by atoms with van der Waals surface area (Å²) < 4.78 is 43.5. The predicted octanol–water partition coefficient (Wildman–Crippen LogP) is 3.08. The number of benzene rings is 1. The number of esters is 1. The summed E-state index contributed by atoms with van der Waals surface area (Å²) in [6.45, 7) is 0.980. The largest absolute Gasteiger partial charge is 0.465 e. The van der Waals surface area contributed by atoms with Gasteiger partial charge in [-0.1, -0.05) is 6.07 Å². The van der Waals surface area contributed by atoms with Crippen molar-refractivity contribution in [2.75, 3.05) is 32.2 Å². The molecule has 0 saturated carbocycles. The number of methoxy groups -OCH3 is 1. The van der Waals surface area contributed by atoms with Crippen molar-refractivity contribution < 1.29 is 37.4 Å². The third kappa shape index (κ3) is 5.85. The predicted molar refractivity (Wildman–Crippen MR) is 123 cm³/mol. The Morgan fingerprint density at radius 2 is 1.92 bits per heavy atom. The van der Waals surface area contributed by atoms with Gasteiger partial charge in [-0.25, -0.2) is 18.6 Å². The molecule has 0 spiro atoms. The van der Waals surface area contributed by atoms with Gasteiger partial charge >= 0.3 is 5.97 Å². The van der Waals surface area contributed by atoms with Gasteiger partial charge in [0, 0.05) is 25.5 Å². The first-order chi connectivity index (χ1) is 17.4. The number of nitrogens with zero attached hydrogens (tertiary/aromatic N) is 2. The molecule has 2 aliphatic heterocycles. The number of hydrogen-bond acceptors (Lipinski definition) is 7. The number of carbonyl (C=O) groups excluding carboxylic acids is 3. The van der Waals surface area contributed by atoms with Crippen LogP contribution in [0.4, 0.5) is 14.6 Å². The Balaban J connectivity index is 1.50. The van der Waals surface area contributed by atoms with E-state index in [-0.39, 0.29) is 29.6 Å². The molecule has 1 aromatic heterocycles. The molecule has 9 nitrogen and oxygen atoms in total. The second-order valence-corrected chi connectivity index (χ2v) is 8.45. The number of carbonyl (C=O) groups is 3. The van der Waals surface area contributed by atoms with Gasteiger partial charge in [0.1, 0.15) is 17.6 Å². The van der Waals surface area contributed by atoms with E-state index in [1.165, 1.54) is 36.4 Å². The van der Waals surface area contributed by atoms with Crippen LogP contribution < -0.4 is 10.1 Å². The molecule has 0 radical (unpaired) electrons. The first-order valence-corrected chi connectivity index (χ1v) is 11.4. The maximum atomic E-state index is 14.0. The Hall–Kier alpha value is -3.86. The van der Waals surface area contributed by atoms with Gasteiger partial charge in [0.05, 0.1) is 19.2 Å². The third-order valence-corrected chi connectivity index (χ3v) is 6.06. The van der Waals surface area contributed by atoms with Crippen LogP contribution in [0.2, 0.25) is 0 Å². The Morgan fingerprint density at radius 1 is 1.19 bits per heavy atom. The van der Waals surface area contributed by atoms with Crippen LogP contribution in [0.15, 0.2) is 48.4 Å². The van der Waals surface area contributed by atoms with Gasteiger partial charge in [-0.3, -0.25) is 9.59 Å². The van der Waals surface area contributed by atoms with Crippen LogP contribution in [0.1, 0.15) is 29.6 Å². The summed E-state index contributed by atoms with van der Waals surface area (Å²) in [7, 11) is 1.25. The van der Waals surface area contributed by atoms with Crippen molar-refractivity contribution in [3.63, 3.8) is 0 Å². The van der Waals surface area contributed by atoms with Crippen molar-refractivity contribution in [1.29, 1.82) is 0 Å². The van der Waals surface area contributed by atoms with Crippen LogP contribution in [-0.4, -0.2) is 60.6 Å². The van der Waals surface area contributed by atoms with Gasteiger partial charge in [-0.05, 0) is 49.4 Å². The SMILES string of the molecule is COC(=O)c1ccc(NC(=O)[C@H](CC2CCOCC2)N2CC(Oc3c(F)cccc3F)=CC2=O)nc1. The number of aromatic nitrogens is 1. The van der Waals surface area contributed by atoms with Crippen molar-refractivity contribution in [2.45, 2.75) is 25.3 Å². The number of hydrogen-bond donors (Lipinski definition) is 1. The summed E-state index contributed by atoms with van der Waals surface area (Å²) in [5.41, 5.74) is 0.218. The average Bonchev–Trinajstić information content (AvgIpc) is 3.25. The second kappa shape index (κ2) is 11.3. The molecule has 2 aromatic rings. The average molecular weight is 501 g/mol. The van der Waals surface area contributed by atoms with Gasteiger partial charge in [-0.2, -0.15) is 0 Å². The molecule has 1 atom stereocenters. The zero-order valence-electron chi connectivity index (χ0n) is 19.5. The number of para-hydroxylation sites is 1. The lowest BCUT2D eigenvalue weighted by Crippen LogP contribution is -2.47. The van der Waals surface area contributed by atoms with Gasteiger partial charge in [0.15, 0.2) is 17.4 Å². The first-order valence-electron chi connectivity index (χ1n) is 11.4. The smallest absolute Gasteiger partial charge is 0.339 e. The highest BCUT2D eigenvalue weighted by molar-refractivity contribution is 6.00. The van der Waals surface area contributed by atoms with Crippen molar-refractivity contribution in [1.82, 2.24) is 9.88 Å². The fraction of sp³-hybridized carbons (Fsp3) is 0.360. The third-order valence-electron chi connectivity index (χ3n) is 6.06. The molecule has 0 aliphatic carbocycles. The van der Waals surface area contributed by atoms with Crippen molar-refractivity contribution >= 4 is 23.6 Å². The first kappa shape index (κ1) is 25.2. The second-order valence-electron chi connectivity index (χ2n) is 8.45. The fourth-order valence-corrected chi connectivity index (χ4v) is 4.14. The Kier molecular flexibility index (Phi) is 7.89. The minimum atomic E-state index is -0.903. The topological polar surface area (TPSA) is 107 Å². The van der Waals surface area contributed by atoms with Crippen LogP contribution in [0.5, 0.6) is 5.75 Å². The van der Waals surface area contributed by atoms with Gasteiger partial charge in [-0.15, -0.1) is 0 Å². The summed E-state index contributed by atoms with van der Waals surface area (Å²) in [6.07, 6.45) is 4.21. The van der Waals surface area contributed by atoms with Gasteiger partial charge < -0.3 is 24.4 Å². The molecule has 36 heavy (non-hydrogen) atoms. The van der Waals surface area contributed by atoms with E-state index in [0.717, 1.165) is 31.1 Å². The van der Waals surface area contributed by atoms with Gasteiger partial charge in [0.2, 0.25) is 5.91 Å². The van der Waals surface area contributed by atoms with Crippen LogP contribution >= 0.6 is 0 Å². The molecular weight excluding hydrogens is 476 g/mol. The van der Waals surface area contributed by atoms with Crippen LogP contribution in [-0.2, 0) is 19.1 Å². The summed E-state index contributed by atoms with van der Waals surface area (Å²) >= 11 is 0. The van der Waals surface area contributed by atoms with Crippen LogP contribution in [0, 0.1) is 17.6 Å². The summed E-state index contributed by atoms with van der Waals surface area (Å²) in [5.74, 6) is -3.64. The van der Waals surface area contributed by atoms with E-state index in [2.05, 4.69) is 15.0 Å².